The van der Waals surface area contributed by atoms with E-state index in [-0.39, 0.29) is 18.1 Å². The summed E-state index contributed by atoms with van der Waals surface area (Å²) in [6.07, 6.45) is 1.86. The molecule has 2 saturated heterocycles. The molecule has 24 heavy (non-hydrogen) atoms. The molecule has 3 heterocycles. The number of hydrogen-bond donors (Lipinski definition) is 3. The lowest BCUT2D eigenvalue weighted by atomic mass is 10.00. The van der Waals surface area contributed by atoms with E-state index in [9.17, 15) is 18.0 Å². The fourth-order valence-corrected chi connectivity index (χ4v) is 3.12. The van der Waals surface area contributed by atoms with Crippen molar-refractivity contribution in [3.63, 3.8) is 0 Å². The number of hydrogen-bond acceptors (Lipinski definition) is 8. The van der Waals surface area contributed by atoms with Gasteiger partial charge < -0.3 is 14.7 Å². The Hall–Kier alpha value is -2.51. The summed E-state index contributed by atoms with van der Waals surface area (Å²) >= 11 is 0. The first-order chi connectivity index (χ1) is 11.3. The van der Waals surface area contributed by atoms with Crippen LogP contribution in [-0.2, 0) is 14.7 Å². The van der Waals surface area contributed by atoms with Crippen molar-refractivity contribution >= 4 is 28.2 Å². The monoisotopic (exact) mass is 359 g/mol. The van der Waals surface area contributed by atoms with Crippen LogP contribution in [0.3, 0.4) is 0 Å². The van der Waals surface area contributed by atoms with Crippen molar-refractivity contribution in [2.75, 3.05) is 6.54 Å². The molecule has 2 atom stereocenters. The molecule has 1 aromatic rings. The van der Waals surface area contributed by atoms with Crippen molar-refractivity contribution in [2.24, 2.45) is 0 Å². The van der Waals surface area contributed by atoms with Gasteiger partial charge in [0.15, 0.2) is 5.69 Å². The topological polar surface area (TPSA) is 166 Å². The van der Waals surface area contributed by atoms with Crippen LogP contribution in [-0.4, -0.2) is 64.5 Å². The molecular formula is C11H13N5O7S. The third kappa shape index (κ3) is 3.08. The molecule has 13 heteroatoms. The van der Waals surface area contributed by atoms with Gasteiger partial charge in [-0.3, -0.25) is 14.8 Å². The molecular weight excluding hydrogens is 346 g/mol. The van der Waals surface area contributed by atoms with Crippen LogP contribution in [0.1, 0.15) is 23.3 Å². The molecule has 1 aromatic heterocycles. The molecule has 0 unspecified atom stereocenters. The largest absolute Gasteiger partial charge is 0.418 e. The van der Waals surface area contributed by atoms with Crippen LogP contribution >= 0.6 is 0 Å². The lowest BCUT2D eigenvalue weighted by molar-refractivity contribution is -0.0316. The predicted molar refractivity (Wildman–Crippen MR) is 75.1 cm³/mol. The molecule has 3 N–H and O–H groups in total. The normalized spacial score (nSPS) is 23.5. The minimum atomic E-state index is -4.83. The number of amidine groups is 1. The first-order valence-corrected chi connectivity index (χ1v) is 8.20. The number of hydroxylamine groups is 2. The van der Waals surface area contributed by atoms with Crippen LogP contribution in [0, 0.1) is 5.41 Å². The fourth-order valence-electron chi connectivity index (χ4n) is 2.73. The summed E-state index contributed by atoms with van der Waals surface area (Å²) < 4.78 is 39.2. The lowest BCUT2D eigenvalue weighted by Crippen LogP contribution is -2.50. The first-order valence-electron chi connectivity index (χ1n) is 6.83. The highest BCUT2D eigenvalue weighted by Gasteiger charge is 2.48. The second-order valence-electron chi connectivity index (χ2n) is 5.26. The number of nitrogens with zero attached hydrogens (tertiary/aromatic N) is 3. The maximum Gasteiger partial charge on any atom is 0.418 e. The molecule has 0 spiro atoms. The van der Waals surface area contributed by atoms with E-state index in [1.165, 1.54) is 17.2 Å². The number of carbonyl (C=O) groups is 2. The van der Waals surface area contributed by atoms with E-state index >= 15 is 0 Å². The summed E-state index contributed by atoms with van der Waals surface area (Å²) in [5, 5.41) is 14.3. The summed E-state index contributed by atoms with van der Waals surface area (Å²) in [4.78, 5) is 25.3. The maximum absolute atomic E-state index is 12.2. The van der Waals surface area contributed by atoms with Gasteiger partial charge in [-0.25, -0.2) is 4.79 Å². The highest BCUT2D eigenvalue weighted by atomic mass is 32.3. The van der Waals surface area contributed by atoms with Gasteiger partial charge in [0.2, 0.25) is 0 Å². The highest BCUT2D eigenvalue weighted by Crippen LogP contribution is 2.30. The van der Waals surface area contributed by atoms with Crippen molar-refractivity contribution in [3.05, 3.63) is 18.0 Å². The maximum atomic E-state index is 12.2. The van der Waals surface area contributed by atoms with Crippen LogP contribution in [0.15, 0.2) is 16.9 Å². The quantitative estimate of drug-likeness (QED) is 0.363. The molecule has 2 bridgehead atoms. The molecule has 130 valence electrons. The number of nitrogens with one attached hydrogen (secondary N) is 2. The SMILES string of the molecule is N=C(NC(=O)c1ccon1)[C@@H]1CC[C@@H]2CN1C(=O)N2OS(=O)(=O)O. The molecule has 2 aliphatic heterocycles. The number of aromatic nitrogens is 1. The summed E-state index contributed by atoms with van der Waals surface area (Å²) in [6, 6.07) is -0.794. The van der Waals surface area contributed by atoms with Gasteiger partial charge in [-0.2, -0.15) is 13.5 Å². The number of fused-ring (bicyclic) bond motifs is 2. The molecule has 0 radical (unpaired) electrons. The minimum Gasteiger partial charge on any atom is -0.364 e. The van der Waals surface area contributed by atoms with E-state index in [2.05, 4.69) is 19.3 Å². The van der Waals surface area contributed by atoms with Gasteiger partial charge in [0.25, 0.3) is 5.91 Å². The van der Waals surface area contributed by atoms with E-state index < -0.39 is 34.4 Å². The number of carbonyl (C=O) groups excluding carboxylic acids is 2. The zero-order valence-electron chi connectivity index (χ0n) is 12.1. The molecule has 0 aromatic carbocycles. The van der Waals surface area contributed by atoms with Crippen LogP contribution in [0.2, 0.25) is 0 Å². The molecule has 3 rings (SSSR count). The second kappa shape index (κ2) is 5.85. The highest BCUT2D eigenvalue weighted by molar-refractivity contribution is 7.80. The lowest BCUT2D eigenvalue weighted by Gasteiger charge is -2.30. The Morgan fingerprint density at radius 3 is 2.88 bits per heavy atom. The van der Waals surface area contributed by atoms with Crippen molar-refractivity contribution in [3.8, 4) is 0 Å². The van der Waals surface area contributed by atoms with Crippen LogP contribution in [0.25, 0.3) is 0 Å². The van der Waals surface area contributed by atoms with Gasteiger partial charge in [0.1, 0.15) is 12.1 Å². The Morgan fingerprint density at radius 2 is 2.25 bits per heavy atom. The van der Waals surface area contributed by atoms with Crippen LogP contribution in [0.5, 0.6) is 0 Å². The van der Waals surface area contributed by atoms with E-state index in [1.807, 2.05) is 0 Å². The molecule has 0 aliphatic carbocycles. The molecule has 3 amide bonds. The van der Waals surface area contributed by atoms with Crippen LogP contribution in [0.4, 0.5) is 4.79 Å². The number of rotatable bonds is 4. The van der Waals surface area contributed by atoms with Crippen molar-refractivity contribution in [1.29, 1.82) is 5.41 Å². The predicted octanol–water partition coefficient (Wildman–Crippen LogP) is -0.615. The average Bonchev–Trinajstić information content (AvgIpc) is 3.11. The Labute approximate surface area is 135 Å². The van der Waals surface area contributed by atoms with Gasteiger partial charge in [-0.05, 0) is 12.8 Å². The first kappa shape index (κ1) is 16.4. The van der Waals surface area contributed by atoms with E-state index in [0.29, 0.717) is 17.9 Å². The molecule has 2 fully saturated rings. The summed E-state index contributed by atoms with van der Waals surface area (Å²) in [7, 11) is -4.83. The fraction of sp³-hybridized carbons (Fsp3) is 0.455. The summed E-state index contributed by atoms with van der Waals surface area (Å²) in [5.41, 5.74) is -0.0162. The number of piperidine rings is 1. The summed E-state index contributed by atoms with van der Waals surface area (Å²) in [6.45, 7) is 0.112. The third-order valence-corrected chi connectivity index (χ3v) is 4.10. The van der Waals surface area contributed by atoms with E-state index in [4.69, 9.17) is 9.96 Å². The molecule has 2 aliphatic rings. The van der Waals surface area contributed by atoms with Crippen molar-refractivity contribution in [1.82, 2.24) is 20.4 Å². The minimum absolute atomic E-state index is 0.0162. The zero-order chi connectivity index (χ0) is 17.5. The van der Waals surface area contributed by atoms with Gasteiger partial charge in [0.05, 0.1) is 12.1 Å². The number of urea groups is 1. The summed E-state index contributed by atoms with van der Waals surface area (Å²) in [5.74, 6) is -0.892. The Morgan fingerprint density at radius 1 is 1.50 bits per heavy atom. The number of amides is 3. The smallest absolute Gasteiger partial charge is 0.364 e. The van der Waals surface area contributed by atoms with Gasteiger partial charge in [-0.1, -0.05) is 5.16 Å². The van der Waals surface area contributed by atoms with Gasteiger partial charge in [0, 0.05) is 12.6 Å². The second-order valence-corrected chi connectivity index (χ2v) is 6.27. The Bertz CT molecular complexity index is 777. The molecule has 0 saturated carbocycles. The van der Waals surface area contributed by atoms with Gasteiger partial charge >= 0.3 is 16.4 Å². The van der Waals surface area contributed by atoms with Crippen LogP contribution < -0.4 is 5.32 Å². The van der Waals surface area contributed by atoms with E-state index in [1.54, 1.807) is 0 Å². The van der Waals surface area contributed by atoms with Crippen molar-refractivity contribution in [2.45, 2.75) is 24.9 Å². The average molecular weight is 359 g/mol. The zero-order valence-corrected chi connectivity index (χ0v) is 12.9. The molecule has 12 nitrogen and oxygen atoms in total. The standard InChI is InChI=1S/C11H13N5O7S/c12-9(13-10(17)7-3-4-22-14-7)8-2-1-6-5-15(8)11(18)16(6)23-24(19,20)21/h3-4,6,8H,1-2,5H2,(H2,12,13,17)(H,19,20,21)/t6-,8+/m1/s1. The van der Waals surface area contributed by atoms with Gasteiger partial charge in [-0.15, -0.1) is 4.28 Å². The third-order valence-electron chi connectivity index (χ3n) is 3.75. The Balaban J connectivity index is 1.69. The van der Waals surface area contributed by atoms with E-state index in [0.717, 1.165) is 0 Å². The van der Waals surface area contributed by atoms with Crippen molar-refractivity contribution < 1.29 is 31.4 Å². The Kier molecular flexibility index (Phi) is 3.98.